The van der Waals surface area contributed by atoms with Gasteiger partial charge in [-0.25, -0.2) is 8.42 Å². The van der Waals surface area contributed by atoms with Gasteiger partial charge in [0.25, 0.3) is 0 Å². The quantitative estimate of drug-likeness (QED) is 0.336. The summed E-state index contributed by atoms with van der Waals surface area (Å²) in [6.07, 6.45) is 0. The molecule has 0 aliphatic heterocycles. The van der Waals surface area contributed by atoms with Crippen LogP contribution in [0.25, 0.3) is 0 Å². The molecule has 0 aromatic carbocycles. The molecule has 15 heavy (non-hydrogen) atoms. The van der Waals surface area contributed by atoms with E-state index in [1.54, 1.807) is 0 Å². The fourth-order valence-corrected chi connectivity index (χ4v) is 0.760. The van der Waals surface area contributed by atoms with E-state index in [4.69, 9.17) is 10.8 Å². The van der Waals surface area contributed by atoms with Crippen molar-refractivity contribution >= 4 is 16.0 Å². The Kier molecular flexibility index (Phi) is 7.24. The first-order valence-corrected chi connectivity index (χ1v) is 5.16. The van der Waals surface area contributed by atoms with Gasteiger partial charge in [-0.2, -0.15) is 0 Å². The molecular weight excluding hydrogens is 235 g/mol. The van der Waals surface area contributed by atoms with Crippen molar-refractivity contribution in [2.45, 2.75) is 24.8 Å². The summed E-state index contributed by atoms with van der Waals surface area (Å²) in [6, 6.07) is -1.24. The van der Waals surface area contributed by atoms with Crippen LogP contribution in [0.3, 0.4) is 0 Å². The second-order valence-electron chi connectivity index (χ2n) is 3.24. The maximum absolute atomic E-state index is 11.0. The third-order valence-corrected chi connectivity index (χ3v) is 2.93. The molecule has 0 fully saturated rings. The number of nitrogens with one attached hydrogen (secondary N) is 1. The van der Waals surface area contributed by atoms with E-state index < -0.39 is 33.5 Å². The van der Waals surface area contributed by atoms with Crippen LogP contribution in [-0.2, 0) is 14.9 Å². The van der Waals surface area contributed by atoms with Gasteiger partial charge in [0.2, 0.25) is 5.91 Å². The minimum absolute atomic E-state index is 0. The Morgan fingerprint density at radius 1 is 1.60 bits per heavy atom. The Balaban J connectivity index is 0. The number of rotatable bonds is 4. The minimum Gasteiger partial charge on any atom is -0.746 e. The molecule has 0 saturated carbocycles. The molecule has 7 nitrogen and oxygen atoms in total. The van der Waals surface area contributed by atoms with E-state index in [1.165, 1.54) is 0 Å². The van der Waals surface area contributed by atoms with Crippen molar-refractivity contribution < 1.29 is 52.4 Å². The average molecular weight is 248 g/mol. The molecule has 0 aromatic heterocycles. The standard InChI is InChI=1S/C6H14N2O5S.Na/c1-6(2,14(11,12)13)8-5(10)4(7)3-9;/h4,9H,3,7H2,1-2H3,(H,8,10)(H,11,12,13);/q;+1/p-1/t4-;/m0./s1. The zero-order valence-corrected chi connectivity index (χ0v) is 11.7. The van der Waals surface area contributed by atoms with E-state index in [0.717, 1.165) is 13.8 Å². The average Bonchev–Trinajstić information content (AvgIpc) is 2.00. The van der Waals surface area contributed by atoms with Crippen LogP contribution < -0.4 is 40.6 Å². The fourth-order valence-electron chi connectivity index (χ4n) is 0.535. The van der Waals surface area contributed by atoms with Crippen LogP contribution in [0, 0.1) is 0 Å². The van der Waals surface area contributed by atoms with Gasteiger partial charge in [0.1, 0.15) is 21.0 Å². The summed E-state index contributed by atoms with van der Waals surface area (Å²) in [4.78, 5) is 9.10. The predicted molar refractivity (Wildman–Crippen MR) is 47.0 cm³/mol. The number of amides is 1. The van der Waals surface area contributed by atoms with E-state index in [2.05, 4.69) is 0 Å². The SMILES string of the molecule is CC(C)(NC(=O)[C@@H](N)CO)S(=O)(=O)[O-].[Na+]. The van der Waals surface area contributed by atoms with E-state index in [1.807, 2.05) is 5.32 Å². The van der Waals surface area contributed by atoms with Gasteiger partial charge in [0, 0.05) is 0 Å². The summed E-state index contributed by atoms with van der Waals surface area (Å²) >= 11 is 0. The summed E-state index contributed by atoms with van der Waals surface area (Å²) in [5.74, 6) is -0.892. The summed E-state index contributed by atoms with van der Waals surface area (Å²) in [5.41, 5.74) is 5.11. The van der Waals surface area contributed by atoms with Crippen LogP contribution in [0.15, 0.2) is 0 Å². The minimum atomic E-state index is -4.66. The molecule has 0 unspecified atom stereocenters. The summed E-state index contributed by atoms with van der Waals surface area (Å²) in [5, 5.41) is 10.4. The van der Waals surface area contributed by atoms with Gasteiger partial charge in [-0.1, -0.05) is 0 Å². The van der Waals surface area contributed by atoms with Crippen LogP contribution in [0.5, 0.6) is 0 Å². The van der Waals surface area contributed by atoms with Crippen LogP contribution >= 0.6 is 0 Å². The summed E-state index contributed by atoms with van der Waals surface area (Å²) in [7, 11) is -4.66. The van der Waals surface area contributed by atoms with Gasteiger partial charge in [0.05, 0.1) is 6.61 Å². The van der Waals surface area contributed by atoms with Gasteiger partial charge in [-0.05, 0) is 13.8 Å². The molecule has 0 aliphatic rings. The zero-order valence-electron chi connectivity index (χ0n) is 8.85. The van der Waals surface area contributed by atoms with Crippen molar-refractivity contribution in [3.63, 3.8) is 0 Å². The Morgan fingerprint density at radius 3 is 2.27 bits per heavy atom. The Hall–Kier alpha value is 0.300. The number of carbonyl (C=O) groups excluding carboxylic acids is 1. The zero-order chi connectivity index (χ0) is 11.6. The second kappa shape index (κ2) is 6.14. The molecule has 9 heteroatoms. The number of hydrogen-bond acceptors (Lipinski definition) is 6. The second-order valence-corrected chi connectivity index (χ2v) is 5.17. The first kappa shape index (κ1) is 17.7. The van der Waals surface area contributed by atoms with Gasteiger partial charge in [-0.3, -0.25) is 4.79 Å². The number of aliphatic hydroxyl groups excluding tert-OH is 1. The van der Waals surface area contributed by atoms with Crippen molar-refractivity contribution in [2.24, 2.45) is 5.73 Å². The summed E-state index contributed by atoms with van der Waals surface area (Å²) in [6.45, 7) is 1.45. The van der Waals surface area contributed by atoms with E-state index in [-0.39, 0.29) is 29.6 Å². The molecule has 0 spiro atoms. The number of carbonyl (C=O) groups is 1. The van der Waals surface area contributed by atoms with E-state index in [9.17, 15) is 17.8 Å². The molecule has 0 saturated heterocycles. The molecule has 0 radical (unpaired) electrons. The molecule has 4 N–H and O–H groups in total. The molecular formula is C6H13N2NaO5S. The third kappa shape index (κ3) is 5.25. The fraction of sp³-hybridized carbons (Fsp3) is 0.833. The number of nitrogens with two attached hydrogens (primary N) is 1. The van der Waals surface area contributed by atoms with Crippen molar-refractivity contribution in [1.82, 2.24) is 5.32 Å². The molecule has 0 aromatic rings. The molecule has 0 bridgehead atoms. The van der Waals surface area contributed by atoms with Crippen molar-refractivity contribution in [2.75, 3.05) is 6.61 Å². The van der Waals surface area contributed by atoms with Crippen LogP contribution in [-0.4, -0.2) is 41.5 Å². The Labute approximate surface area is 110 Å². The number of hydrogen-bond donors (Lipinski definition) is 3. The molecule has 0 aliphatic carbocycles. The predicted octanol–water partition coefficient (Wildman–Crippen LogP) is -5.29. The largest absolute Gasteiger partial charge is 1.00 e. The van der Waals surface area contributed by atoms with Gasteiger partial charge >= 0.3 is 29.6 Å². The summed E-state index contributed by atoms with van der Waals surface area (Å²) < 4.78 is 31.9. The third-order valence-electron chi connectivity index (χ3n) is 1.58. The van der Waals surface area contributed by atoms with Crippen LogP contribution in [0.2, 0.25) is 0 Å². The first-order valence-electron chi connectivity index (χ1n) is 3.75. The molecule has 1 amide bonds. The first-order chi connectivity index (χ1) is 6.12. The molecule has 1 atom stereocenters. The normalized spacial score (nSPS) is 13.9. The van der Waals surface area contributed by atoms with Gasteiger partial charge in [-0.15, -0.1) is 0 Å². The Bertz CT molecular complexity index is 315. The van der Waals surface area contributed by atoms with Crippen LogP contribution in [0.1, 0.15) is 13.8 Å². The molecule has 84 valence electrons. The Morgan fingerprint density at radius 2 is 2.00 bits per heavy atom. The van der Waals surface area contributed by atoms with Crippen LogP contribution in [0.4, 0.5) is 0 Å². The van der Waals surface area contributed by atoms with Gasteiger partial charge < -0.3 is 20.7 Å². The maximum atomic E-state index is 11.0. The molecule has 0 rings (SSSR count). The van der Waals surface area contributed by atoms with Crippen molar-refractivity contribution in [1.29, 1.82) is 0 Å². The van der Waals surface area contributed by atoms with E-state index >= 15 is 0 Å². The monoisotopic (exact) mass is 248 g/mol. The number of aliphatic hydroxyl groups is 1. The van der Waals surface area contributed by atoms with Crippen molar-refractivity contribution in [3.8, 4) is 0 Å². The van der Waals surface area contributed by atoms with Crippen molar-refractivity contribution in [3.05, 3.63) is 0 Å². The van der Waals surface area contributed by atoms with Gasteiger partial charge in [0.15, 0.2) is 0 Å². The topological polar surface area (TPSA) is 133 Å². The van der Waals surface area contributed by atoms with E-state index in [0.29, 0.717) is 0 Å². The molecule has 0 heterocycles. The smallest absolute Gasteiger partial charge is 0.746 e. The maximum Gasteiger partial charge on any atom is 1.00 e.